The van der Waals surface area contributed by atoms with Crippen LogP contribution in [0.3, 0.4) is 0 Å². The summed E-state index contributed by atoms with van der Waals surface area (Å²) in [6, 6.07) is 0. The van der Waals surface area contributed by atoms with Gasteiger partial charge in [-0.25, -0.2) is 4.98 Å². The number of rotatable bonds is 4. The minimum Gasteiger partial charge on any atom is -0.396 e. The van der Waals surface area contributed by atoms with Gasteiger partial charge in [-0.3, -0.25) is 0 Å². The lowest BCUT2D eigenvalue weighted by Gasteiger charge is -2.35. The third kappa shape index (κ3) is 2.87. The molecule has 2 N–H and O–H groups in total. The zero-order valence-electron chi connectivity index (χ0n) is 9.21. The van der Waals surface area contributed by atoms with Crippen molar-refractivity contribution < 1.29 is 5.11 Å². The topological polar surface area (TPSA) is 45.1 Å². The summed E-state index contributed by atoms with van der Waals surface area (Å²) in [5.41, 5.74) is 0.0520. The molecule has 0 aliphatic heterocycles. The van der Waals surface area contributed by atoms with Crippen molar-refractivity contribution in [2.75, 3.05) is 18.5 Å². The van der Waals surface area contributed by atoms with Crippen molar-refractivity contribution in [3.63, 3.8) is 0 Å². The van der Waals surface area contributed by atoms with E-state index in [1.54, 1.807) is 0 Å². The molecule has 90 valence electrons. The summed E-state index contributed by atoms with van der Waals surface area (Å²) in [5, 5.41) is 16.0. The quantitative estimate of drug-likeness (QED) is 0.874. The van der Waals surface area contributed by atoms with Crippen molar-refractivity contribution in [3.8, 4) is 0 Å². The summed E-state index contributed by atoms with van der Waals surface area (Å²) in [7, 11) is 0. The molecule has 0 amide bonds. The van der Waals surface area contributed by atoms with Crippen LogP contribution in [0.1, 0.15) is 32.1 Å². The average Bonchev–Trinajstić information content (AvgIpc) is 2.74. The number of hydrogen-bond acceptors (Lipinski definition) is 4. The number of thiazole rings is 1. The van der Waals surface area contributed by atoms with E-state index in [1.807, 2.05) is 5.38 Å². The Morgan fingerprint density at radius 2 is 2.19 bits per heavy atom. The van der Waals surface area contributed by atoms with Crippen LogP contribution in [-0.2, 0) is 0 Å². The molecule has 2 rings (SSSR count). The summed E-state index contributed by atoms with van der Waals surface area (Å²) in [6.07, 6.45) is 5.96. The van der Waals surface area contributed by atoms with E-state index in [1.165, 1.54) is 30.6 Å². The lowest BCUT2D eigenvalue weighted by atomic mass is 9.74. The number of nitrogens with zero attached hydrogens (tertiary/aromatic N) is 1. The minimum absolute atomic E-state index is 0.0520. The van der Waals surface area contributed by atoms with Crippen LogP contribution < -0.4 is 5.32 Å². The molecular weight excluding hydrogens is 244 g/mol. The number of aliphatic hydroxyl groups is 1. The Hall–Kier alpha value is -0.320. The Morgan fingerprint density at radius 3 is 2.75 bits per heavy atom. The Bertz CT molecular complexity index is 336. The fourth-order valence-electron chi connectivity index (χ4n) is 2.29. The van der Waals surface area contributed by atoms with Crippen LogP contribution in [0.4, 0.5) is 5.13 Å². The molecule has 0 aromatic carbocycles. The van der Waals surface area contributed by atoms with Gasteiger partial charge in [0.05, 0.1) is 6.61 Å². The highest BCUT2D eigenvalue weighted by atomic mass is 35.5. The lowest BCUT2D eigenvalue weighted by molar-refractivity contribution is 0.0944. The number of hydrogen-bond donors (Lipinski definition) is 2. The van der Waals surface area contributed by atoms with Gasteiger partial charge < -0.3 is 10.4 Å². The van der Waals surface area contributed by atoms with Gasteiger partial charge in [-0.15, -0.1) is 11.3 Å². The van der Waals surface area contributed by atoms with Crippen molar-refractivity contribution in [2.24, 2.45) is 5.41 Å². The fraction of sp³-hybridized carbons (Fsp3) is 0.727. The maximum absolute atomic E-state index is 9.54. The van der Waals surface area contributed by atoms with Gasteiger partial charge >= 0.3 is 0 Å². The van der Waals surface area contributed by atoms with Crippen LogP contribution in [0.25, 0.3) is 0 Å². The van der Waals surface area contributed by atoms with Crippen LogP contribution in [0.2, 0.25) is 5.15 Å². The molecule has 0 bridgehead atoms. The predicted molar refractivity (Wildman–Crippen MR) is 68.2 cm³/mol. The molecule has 0 radical (unpaired) electrons. The van der Waals surface area contributed by atoms with Gasteiger partial charge in [0.1, 0.15) is 5.15 Å². The largest absolute Gasteiger partial charge is 0.396 e. The van der Waals surface area contributed by atoms with E-state index >= 15 is 0 Å². The molecule has 1 aliphatic rings. The van der Waals surface area contributed by atoms with Gasteiger partial charge in [-0.1, -0.05) is 30.9 Å². The molecule has 0 saturated heterocycles. The molecule has 1 aliphatic carbocycles. The number of anilines is 1. The van der Waals surface area contributed by atoms with Crippen molar-refractivity contribution in [2.45, 2.75) is 32.1 Å². The molecule has 16 heavy (non-hydrogen) atoms. The average molecular weight is 261 g/mol. The lowest BCUT2D eigenvalue weighted by Crippen LogP contribution is -2.35. The number of aliphatic hydroxyl groups excluding tert-OH is 1. The van der Waals surface area contributed by atoms with Gasteiger partial charge in [-0.2, -0.15) is 0 Å². The Morgan fingerprint density at radius 1 is 1.44 bits per heavy atom. The Balaban J connectivity index is 1.91. The highest BCUT2D eigenvalue weighted by Gasteiger charge is 2.31. The van der Waals surface area contributed by atoms with E-state index in [9.17, 15) is 5.11 Å². The van der Waals surface area contributed by atoms with Crippen molar-refractivity contribution in [3.05, 3.63) is 10.5 Å². The molecule has 1 aromatic rings. The molecule has 1 saturated carbocycles. The molecule has 1 fully saturated rings. The summed E-state index contributed by atoms with van der Waals surface area (Å²) in [5.74, 6) is 0. The molecule has 1 heterocycles. The van der Waals surface area contributed by atoms with E-state index in [-0.39, 0.29) is 12.0 Å². The smallest absolute Gasteiger partial charge is 0.184 e. The summed E-state index contributed by atoms with van der Waals surface area (Å²) < 4.78 is 0. The van der Waals surface area contributed by atoms with Crippen LogP contribution in [-0.4, -0.2) is 23.2 Å². The van der Waals surface area contributed by atoms with E-state index in [2.05, 4.69) is 10.3 Å². The zero-order valence-corrected chi connectivity index (χ0v) is 10.8. The summed E-state index contributed by atoms with van der Waals surface area (Å²) in [6.45, 7) is 1.06. The van der Waals surface area contributed by atoms with Gasteiger partial charge in [0, 0.05) is 17.3 Å². The van der Waals surface area contributed by atoms with Gasteiger partial charge in [0.25, 0.3) is 0 Å². The third-order valence-electron chi connectivity index (χ3n) is 3.34. The standard InChI is InChI=1S/C11H17ClN2OS/c12-9-6-16-10(14-9)13-7-11(8-15)4-2-1-3-5-11/h6,15H,1-5,7-8H2,(H,13,14). The first-order valence-corrected chi connectivity index (χ1v) is 6.96. The molecule has 1 aromatic heterocycles. The van der Waals surface area contributed by atoms with Gasteiger partial charge in [0.15, 0.2) is 5.13 Å². The molecule has 3 nitrogen and oxygen atoms in total. The van der Waals surface area contributed by atoms with E-state index in [4.69, 9.17) is 11.6 Å². The van der Waals surface area contributed by atoms with E-state index < -0.39 is 0 Å². The first-order chi connectivity index (χ1) is 7.74. The zero-order chi connectivity index (χ0) is 11.4. The van der Waals surface area contributed by atoms with Crippen molar-refractivity contribution in [1.29, 1.82) is 0 Å². The first kappa shape index (κ1) is 12.1. The summed E-state index contributed by atoms with van der Waals surface area (Å²) in [4.78, 5) is 4.15. The maximum atomic E-state index is 9.54. The first-order valence-electron chi connectivity index (χ1n) is 5.70. The predicted octanol–water partition coefficient (Wildman–Crippen LogP) is 3.15. The highest BCUT2D eigenvalue weighted by molar-refractivity contribution is 7.14. The van der Waals surface area contributed by atoms with Gasteiger partial charge in [-0.05, 0) is 12.8 Å². The second-order valence-electron chi connectivity index (χ2n) is 4.55. The second kappa shape index (κ2) is 5.34. The third-order valence-corrected chi connectivity index (χ3v) is 4.46. The van der Waals surface area contributed by atoms with E-state index in [0.29, 0.717) is 5.15 Å². The molecule has 0 atom stereocenters. The molecule has 0 unspecified atom stereocenters. The second-order valence-corrected chi connectivity index (χ2v) is 5.79. The van der Waals surface area contributed by atoms with Crippen molar-refractivity contribution >= 4 is 28.1 Å². The highest BCUT2D eigenvalue weighted by Crippen LogP contribution is 2.36. The SMILES string of the molecule is OCC1(CNc2nc(Cl)cs2)CCCCC1. The Labute approximate surface area is 105 Å². The minimum atomic E-state index is 0.0520. The fourth-order valence-corrected chi connectivity index (χ4v) is 3.13. The monoisotopic (exact) mass is 260 g/mol. The van der Waals surface area contributed by atoms with Crippen LogP contribution in [0.5, 0.6) is 0 Å². The van der Waals surface area contributed by atoms with Crippen LogP contribution in [0, 0.1) is 5.41 Å². The van der Waals surface area contributed by atoms with E-state index in [0.717, 1.165) is 24.5 Å². The number of nitrogens with one attached hydrogen (secondary N) is 1. The number of halogens is 1. The maximum Gasteiger partial charge on any atom is 0.184 e. The summed E-state index contributed by atoms with van der Waals surface area (Å²) >= 11 is 7.27. The van der Waals surface area contributed by atoms with Crippen molar-refractivity contribution in [1.82, 2.24) is 4.98 Å². The number of aromatic nitrogens is 1. The molecule has 5 heteroatoms. The Kier molecular flexibility index (Phi) is 4.05. The van der Waals surface area contributed by atoms with Gasteiger partial charge in [0.2, 0.25) is 0 Å². The molecule has 0 spiro atoms. The van der Waals surface area contributed by atoms with Crippen LogP contribution >= 0.6 is 22.9 Å². The molecular formula is C11H17ClN2OS. The van der Waals surface area contributed by atoms with Crippen LogP contribution in [0.15, 0.2) is 5.38 Å². The normalized spacial score (nSPS) is 19.6.